The predicted molar refractivity (Wildman–Crippen MR) is 97.3 cm³/mol. The quantitative estimate of drug-likeness (QED) is 0.618. The van der Waals surface area contributed by atoms with Gasteiger partial charge in [0.15, 0.2) is 15.8 Å². The van der Waals surface area contributed by atoms with Crippen molar-refractivity contribution in [2.75, 3.05) is 25.4 Å². The average molecular weight is 389 g/mol. The number of nitrogens with zero attached hydrogens (tertiary/aromatic N) is 2. The highest BCUT2D eigenvalue weighted by molar-refractivity contribution is 7.92. The predicted octanol–water partition coefficient (Wildman–Crippen LogP) is 2.26. The third kappa shape index (κ3) is 5.06. The normalized spacial score (nSPS) is 19.5. The minimum Gasteiger partial charge on any atom is -0.435 e. The van der Waals surface area contributed by atoms with E-state index in [-0.39, 0.29) is 18.0 Å². The van der Waals surface area contributed by atoms with Crippen LogP contribution in [0.5, 0.6) is 5.75 Å². The molecule has 0 bridgehead atoms. The standard InChI is InChI=1S/C17H25F2N3O3S/c1-4-20-16(22-8-9-26(23,24)17(2,3)12-22)21-11-13-6-5-7-14(10-13)25-15(18)19/h5-7,10,15H,4,8-9,11-12H2,1-3H3,(H,20,21). The van der Waals surface area contributed by atoms with E-state index in [1.165, 1.54) is 12.1 Å². The van der Waals surface area contributed by atoms with E-state index in [4.69, 9.17) is 0 Å². The van der Waals surface area contributed by atoms with Crippen LogP contribution in [0, 0.1) is 0 Å². The Bertz CT molecular complexity index is 751. The number of benzene rings is 1. The zero-order valence-electron chi connectivity index (χ0n) is 15.2. The first-order valence-electron chi connectivity index (χ1n) is 8.44. The fraction of sp³-hybridized carbons (Fsp3) is 0.588. The number of hydrogen-bond acceptors (Lipinski definition) is 4. The number of guanidine groups is 1. The highest BCUT2D eigenvalue weighted by Crippen LogP contribution is 2.24. The van der Waals surface area contributed by atoms with E-state index < -0.39 is 21.2 Å². The molecule has 1 N–H and O–H groups in total. The van der Waals surface area contributed by atoms with E-state index in [0.29, 0.717) is 25.6 Å². The summed E-state index contributed by atoms with van der Waals surface area (Å²) in [5.41, 5.74) is 0.724. The first-order chi connectivity index (χ1) is 12.1. The molecule has 1 aliphatic rings. The van der Waals surface area contributed by atoms with Gasteiger partial charge in [-0.2, -0.15) is 8.78 Å². The maximum Gasteiger partial charge on any atom is 0.387 e. The van der Waals surface area contributed by atoms with Crippen LogP contribution in [-0.4, -0.2) is 56.0 Å². The van der Waals surface area contributed by atoms with Crippen molar-refractivity contribution in [3.8, 4) is 5.75 Å². The zero-order chi connectivity index (χ0) is 19.4. The average Bonchev–Trinajstić information content (AvgIpc) is 2.54. The summed E-state index contributed by atoms with van der Waals surface area (Å²) in [6.45, 7) is 4.10. The van der Waals surface area contributed by atoms with E-state index in [0.717, 1.165) is 5.56 Å². The van der Waals surface area contributed by atoms with Gasteiger partial charge in [0.2, 0.25) is 0 Å². The molecular weight excluding hydrogens is 364 g/mol. The van der Waals surface area contributed by atoms with Gasteiger partial charge in [-0.15, -0.1) is 0 Å². The van der Waals surface area contributed by atoms with Crippen molar-refractivity contribution in [1.29, 1.82) is 0 Å². The van der Waals surface area contributed by atoms with Crippen LogP contribution in [0.25, 0.3) is 0 Å². The number of alkyl halides is 2. The third-order valence-corrected chi connectivity index (χ3v) is 6.75. The molecule has 146 valence electrons. The van der Waals surface area contributed by atoms with E-state index >= 15 is 0 Å². The molecule has 0 atom stereocenters. The van der Waals surface area contributed by atoms with E-state index in [1.807, 2.05) is 11.8 Å². The molecule has 2 rings (SSSR count). The monoisotopic (exact) mass is 389 g/mol. The summed E-state index contributed by atoms with van der Waals surface area (Å²) in [6.07, 6.45) is 0. The lowest BCUT2D eigenvalue weighted by Crippen LogP contribution is -2.57. The lowest BCUT2D eigenvalue weighted by atomic mass is 10.2. The van der Waals surface area contributed by atoms with E-state index in [1.54, 1.807) is 26.0 Å². The van der Waals surface area contributed by atoms with Crippen LogP contribution in [0.3, 0.4) is 0 Å². The van der Waals surface area contributed by atoms with E-state index in [9.17, 15) is 17.2 Å². The summed E-state index contributed by atoms with van der Waals surface area (Å²) in [4.78, 5) is 6.46. The molecule has 0 aliphatic carbocycles. The Morgan fingerprint density at radius 1 is 1.42 bits per heavy atom. The van der Waals surface area contributed by atoms with Gasteiger partial charge in [0.05, 0.1) is 17.0 Å². The molecule has 1 aliphatic heterocycles. The van der Waals surface area contributed by atoms with Crippen molar-refractivity contribution >= 4 is 15.8 Å². The van der Waals surface area contributed by atoms with Gasteiger partial charge in [0.1, 0.15) is 5.75 Å². The van der Waals surface area contributed by atoms with Gasteiger partial charge in [0.25, 0.3) is 0 Å². The summed E-state index contributed by atoms with van der Waals surface area (Å²) >= 11 is 0. The van der Waals surface area contributed by atoms with Crippen LogP contribution in [0.1, 0.15) is 26.3 Å². The zero-order valence-corrected chi connectivity index (χ0v) is 16.0. The minimum absolute atomic E-state index is 0.0716. The second-order valence-corrected chi connectivity index (χ2v) is 9.44. The third-order valence-electron chi connectivity index (χ3n) is 4.21. The number of ether oxygens (including phenoxy) is 1. The van der Waals surface area contributed by atoms with Crippen molar-refractivity contribution in [2.24, 2.45) is 4.99 Å². The topological polar surface area (TPSA) is 71.0 Å². The number of sulfone groups is 1. The Kier molecular flexibility index (Phi) is 6.44. The Morgan fingerprint density at radius 3 is 2.77 bits per heavy atom. The first-order valence-corrected chi connectivity index (χ1v) is 10.1. The molecule has 1 heterocycles. The van der Waals surface area contributed by atoms with Crippen LogP contribution in [0.15, 0.2) is 29.3 Å². The molecule has 0 spiro atoms. The molecule has 26 heavy (non-hydrogen) atoms. The van der Waals surface area contributed by atoms with Crippen molar-refractivity contribution in [2.45, 2.75) is 38.7 Å². The Labute approximate surface area is 153 Å². The molecule has 0 unspecified atom stereocenters. The Balaban J connectivity index is 2.15. The lowest BCUT2D eigenvalue weighted by Gasteiger charge is -2.39. The molecule has 0 saturated carbocycles. The maximum absolute atomic E-state index is 12.3. The highest BCUT2D eigenvalue weighted by Gasteiger charge is 2.40. The van der Waals surface area contributed by atoms with Crippen LogP contribution in [0.4, 0.5) is 8.78 Å². The van der Waals surface area contributed by atoms with Gasteiger partial charge in [-0.05, 0) is 38.5 Å². The summed E-state index contributed by atoms with van der Waals surface area (Å²) in [7, 11) is -3.14. The van der Waals surface area contributed by atoms with Crippen molar-refractivity contribution in [3.63, 3.8) is 0 Å². The molecule has 1 aromatic carbocycles. The van der Waals surface area contributed by atoms with Gasteiger partial charge in [-0.3, -0.25) is 0 Å². The van der Waals surface area contributed by atoms with Gasteiger partial charge >= 0.3 is 6.61 Å². The molecule has 6 nitrogen and oxygen atoms in total. The number of hydrogen-bond donors (Lipinski definition) is 1. The van der Waals surface area contributed by atoms with Crippen LogP contribution in [-0.2, 0) is 16.4 Å². The Hall–Kier alpha value is -1.90. The SMILES string of the molecule is CCNC(=NCc1cccc(OC(F)F)c1)N1CCS(=O)(=O)C(C)(C)C1. The number of aliphatic imine (C=N–C) groups is 1. The summed E-state index contributed by atoms with van der Waals surface area (Å²) in [5.74, 6) is 0.765. The smallest absolute Gasteiger partial charge is 0.387 e. The molecule has 0 amide bonds. The fourth-order valence-electron chi connectivity index (χ4n) is 2.74. The summed E-state index contributed by atoms with van der Waals surface area (Å²) in [6, 6.07) is 6.38. The molecule has 1 aromatic rings. The fourth-order valence-corrected chi connectivity index (χ4v) is 4.10. The summed E-state index contributed by atoms with van der Waals surface area (Å²) < 4.78 is 52.5. The van der Waals surface area contributed by atoms with Gasteiger partial charge in [-0.25, -0.2) is 13.4 Å². The molecule has 9 heteroatoms. The molecule has 0 radical (unpaired) electrons. The second kappa shape index (κ2) is 8.20. The van der Waals surface area contributed by atoms with Crippen molar-refractivity contribution in [3.05, 3.63) is 29.8 Å². The first kappa shape index (κ1) is 20.4. The molecule has 1 saturated heterocycles. The number of halogens is 2. The van der Waals surface area contributed by atoms with Gasteiger partial charge in [-0.1, -0.05) is 12.1 Å². The molecular formula is C17H25F2N3O3S. The van der Waals surface area contributed by atoms with Crippen molar-refractivity contribution in [1.82, 2.24) is 10.2 Å². The van der Waals surface area contributed by atoms with Crippen LogP contribution < -0.4 is 10.1 Å². The highest BCUT2D eigenvalue weighted by atomic mass is 32.2. The van der Waals surface area contributed by atoms with Gasteiger partial charge in [0, 0.05) is 19.6 Å². The molecule has 0 aromatic heterocycles. The van der Waals surface area contributed by atoms with Gasteiger partial charge < -0.3 is 15.0 Å². The largest absolute Gasteiger partial charge is 0.435 e. The minimum atomic E-state index is -3.14. The Morgan fingerprint density at radius 2 is 2.15 bits per heavy atom. The summed E-state index contributed by atoms with van der Waals surface area (Å²) in [5, 5.41) is 3.16. The number of rotatable bonds is 5. The second-order valence-electron chi connectivity index (χ2n) is 6.70. The maximum atomic E-state index is 12.3. The van der Waals surface area contributed by atoms with Crippen molar-refractivity contribution < 1.29 is 21.9 Å². The van der Waals surface area contributed by atoms with Crippen LogP contribution in [0.2, 0.25) is 0 Å². The number of nitrogens with one attached hydrogen (secondary N) is 1. The van der Waals surface area contributed by atoms with Crippen LogP contribution >= 0.6 is 0 Å². The molecule has 1 fully saturated rings. The lowest BCUT2D eigenvalue weighted by molar-refractivity contribution is -0.0498. The van der Waals surface area contributed by atoms with E-state index in [2.05, 4.69) is 15.0 Å².